The van der Waals surface area contributed by atoms with Crippen LogP contribution < -0.4 is 5.32 Å². The van der Waals surface area contributed by atoms with E-state index in [0.29, 0.717) is 38.4 Å². The second kappa shape index (κ2) is 10.3. The Balaban J connectivity index is 1.29. The summed E-state index contributed by atoms with van der Waals surface area (Å²) in [6.45, 7) is 2.11. The van der Waals surface area contributed by atoms with Crippen LogP contribution in [0.3, 0.4) is 0 Å². The molecule has 0 spiro atoms. The summed E-state index contributed by atoms with van der Waals surface area (Å²) in [5.41, 5.74) is 0. The molecule has 3 heterocycles. The minimum Gasteiger partial charge on any atom is -0.467 e. The van der Waals surface area contributed by atoms with Crippen molar-refractivity contribution < 1.29 is 22.4 Å². The predicted molar refractivity (Wildman–Crippen MR) is 122 cm³/mol. The maximum Gasteiger partial charge on any atom is 0.244 e. The van der Waals surface area contributed by atoms with Crippen molar-refractivity contribution >= 4 is 33.4 Å². The molecule has 33 heavy (non-hydrogen) atoms. The SMILES string of the molecule is O=C(NCc1ccco1)[C@H]1CCCN1CC(=O)N1CCN(S(=O)(=O)c2ccccc2Cl)CC1. The predicted octanol–water partition coefficient (Wildman–Crippen LogP) is 1.55. The lowest BCUT2D eigenvalue weighted by molar-refractivity contribution is -0.135. The van der Waals surface area contributed by atoms with Crippen molar-refractivity contribution in [2.24, 2.45) is 0 Å². The number of hydrogen-bond acceptors (Lipinski definition) is 6. The zero-order chi connectivity index (χ0) is 23.4. The van der Waals surface area contributed by atoms with E-state index >= 15 is 0 Å². The summed E-state index contributed by atoms with van der Waals surface area (Å²) in [5, 5.41) is 3.05. The zero-order valence-corrected chi connectivity index (χ0v) is 19.7. The van der Waals surface area contributed by atoms with Crippen molar-refractivity contribution in [3.05, 3.63) is 53.4 Å². The molecule has 1 aromatic carbocycles. The van der Waals surface area contributed by atoms with E-state index < -0.39 is 10.0 Å². The number of hydrogen-bond donors (Lipinski definition) is 1. The number of halogens is 1. The smallest absolute Gasteiger partial charge is 0.244 e. The minimum absolute atomic E-state index is 0.0758. The maximum absolute atomic E-state index is 12.9. The summed E-state index contributed by atoms with van der Waals surface area (Å²) < 4.78 is 32.4. The van der Waals surface area contributed by atoms with Crippen LogP contribution >= 0.6 is 11.6 Å². The number of likely N-dealkylation sites (tertiary alicyclic amines) is 1. The quantitative estimate of drug-likeness (QED) is 0.626. The molecule has 2 saturated heterocycles. The van der Waals surface area contributed by atoms with Crippen molar-refractivity contribution in [1.29, 1.82) is 0 Å². The number of nitrogens with one attached hydrogen (secondary N) is 1. The third-order valence-corrected chi connectivity index (χ3v) is 8.47. The molecule has 0 unspecified atom stereocenters. The lowest BCUT2D eigenvalue weighted by Crippen LogP contribution is -2.53. The topological polar surface area (TPSA) is 103 Å². The number of rotatable bonds is 7. The molecule has 2 amide bonds. The third-order valence-electron chi connectivity index (χ3n) is 6.07. The van der Waals surface area contributed by atoms with Crippen LogP contribution in [-0.4, -0.2) is 79.6 Å². The first-order valence-corrected chi connectivity index (χ1v) is 12.7. The van der Waals surface area contributed by atoms with Gasteiger partial charge >= 0.3 is 0 Å². The highest BCUT2D eigenvalue weighted by atomic mass is 35.5. The van der Waals surface area contributed by atoms with Gasteiger partial charge < -0.3 is 14.6 Å². The van der Waals surface area contributed by atoms with E-state index in [-0.39, 0.29) is 47.4 Å². The molecule has 2 aliphatic rings. The Kier molecular flexibility index (Phi) is 7.38. The van der Waals surface area contributed by atoms with E-state index in [1.807, 2.05) is 4.90 Å². The van der Waals surface area contributed by atoms with Crippen molar-refractivity contribution in [2.75, 3.05) is 39.3 Å². The molecule has 0 aliphatic carbocycles. The van der Waals surface area contributed by atoms with Crippen molar-refractivity contribution in [3.63, 3.8) is 0 Å². The van der Waals surface area contributed by atoms with Gasteiger partial charge in [-0.15, -0.1) is 0 Å². The Bertz CT molecular complexity index is 1080. The molecule has 2 fully saturated rings. The summed E-state index contributed by atoms with van der Waals surface area (Å²) in [5.74, 6) is 0.455. The fourth-order valence-corrected chi connectivity index (χ4v) is 6.18. The van der Waals surface area contributed by atoms with Crippen LogP contribution in [0.1, 0.15) is 18.6 Å². The van der Waals surface area contributed by atoms with Gasteiger partial charge in [-0.3, -0.25) is 14.5 Å². The maximum atomic E-state index is 12.9. The number of piperazine rings is 1. The number of sulfonamides is 1. The van der Waals surface area contributed by atoms with E-state index in [0.717, 1.165) is 6.42 Å². The second-order valence-corrected chi connectivity index (χ2v) is 10.5. The van der Waals surface area contributed by atoms with Crippen molar-refractivity contribution in [1.82, 2.24) is 19.4 Å². The Hall–Kier alpha value is -2.40. The fraction of sp³-hybridized carbons (Fsp3) is 0.455. The molecule has 178 valence electrons. The van der Waals surface area contributed by atoms with Gasteiger partial charge in [0.25, 0.3) is 0 Å². The summed E-state index contributed by atoms with van der Waals surface area (Å²) in [6, 6.07) is 9.55. The molecule has 2 aliphatic heterocycles. The molecule has 2 aromatic rings. The van der Waals surface area contributed by atoms with Gasteiger partial charge in [0, 0.05) is 26.2 Å². The van der Waals surface area contributed by atoms with Gasteiger partial charge in [0.1, 0.15) is 10.7 Å². The molecule has 1 atom stereocenters. The van der Waals surface area contributed by atoms with Crippen LogP contribution in [0.25, 0.3) is 0 Å². The van der Waals surface area contributed by atoms with E-state index in [4.69, 9.17) is 16.0 Å². The second-order valence-electron chi connectivity index (χ2n) is 8.14. The Labute approximate surface area is 198 Å². The summed E-state index contributed by atoms with van der Waals surface area (Å²) >= 11 is 6.08. The van der Waals surface area contributed by atoms with Gasteiger partial charge in [-0.1, -0.05) is 23.7 Å². The van der Waals surface area contributed by atoms with Gasteiger partial charge in [0.15, 0.2) is 0 Å². The fourth-order valence-electron chi connectivity index (χ4n) is 4.26. The molecule has 0 bridgehead atoms. The van der Waals surface area contributed by atoms with Gasteiger partial charge in [0.05, 0.1) is 30.4 Å². The summed E-state index contributed by atoms with van der Waals surface area (Å²) in [4.78, 5) is 29.1. The average Bonchev–Trinajstić information content (AvgIpc) is 3.50. The van der Waals surface area contributed by atoms with E-state index in [2.05, 4.69) is 5.32 Å². The number of carbonyl (C=O) groups excluding carboxylic acids is 2. The van der Waals surface area contributed by atoms with E-state index in [9.17, 15) is 18.0 Å². The lowest BCUT2D eigenvalue weighted by Gasteiger charge is -2.35. The third kappa shape index (κ3) is 5.40. The van der Waals surface area contributed by atoms with Gasteiger partial charge in [-0.05, 0) is 43.7 Å². The molecule has 9 nitrogen and oxygen atoms in total. The Morgan fingerprint density at radius 3 is 2.52 bits per heavy atom. The summed E-state index contributed by atoms with van der Waals surface area (Å²) in [7, 11) is -3.72. The molecular formula is C22H27ClN4O5S. The van der Waals surface area contributed by atoms with Crippen LogP contribution in [0.5, 0.6) is 0 Å². The van der Waals surface area contributed by atoms with Gasteiger partial charge in [-0.25, -0.2) is 8.42 Å². The first kappa shape index (κ1) is 23.7. The van der Waals surface area contributed by atoms with Gasteiger partial charge in [-0.2, -0.15) is 4.31 Å². The Morgan fingerprint density at radius 1 is 1.06 bits per heavy atom. The van der Waals surface area contributed by atoms with Gasteiger partial charge in [0.2, 0.25) is 21.8 Å². The molecule has 1 N–H and O–H groups in total. The molecule has 11 heteroatoms. The van der Waals surface area contributed by atoms with Crippen LogP contribution in [-0.2, 0) is 26.2 Å². The zero-order valence-electron chi connectivity index (χ0n) is 18.2. The lowest BCUT2D eigenvalue weighted by atomic mass is 10.2. The first-order chi connectivity index (χ1) is 15.9. The monoisotopic (exact) mass is 494 g/mol. The molecule has 0 radical (unpaired) electrons. The number of nitrogens with zero attached hydrogens (tertiary/aromatic N) is 3. The first-order valence-electron chi connectivity index (χ1n) is 10.9. The number of carbonyl (C=O) groups is 2. The Morgan fingerprint density at radius 2 is 1.82 bits per heavy atom. The number of benzene rings is 1. The minimum atomic E-state index is -3.72. The van der Waals surface area contributed by atoms with Crippen LogP contribution in [0.4, 0.5) is 0 Å². The standard InChI is InChI=1S/C22H27ClN4O5S/c23-18-6-1-2-8-20(18)33(30,31)27-12-10-25(11-13-27)21(28)16-26-9-3-7-19(26)22(29)24-15-17-5-4-14-32-17/h1-2,4-6,8,14,19H,3,7,9-13,15-16H2,(H,24,29)/t19-/m1/s1. The highest BCUT2D eigenvalue weighted by molar-refractivity contribution is 7.89. The normalized spacial score (nSPS) is 20.2. The van der Waals surface area contributed by atoms with E-state index in [1.165, 1.54) is 10.4 Å². The number of amides is 2. The average molecular weight is 495 g/mol. The van der Waals surface area contributed by atoms with Crippen molar-refractivity contribution in [3.8, 4) is 0 Å². The molecule has 0 saturated carbocycles. The molecular weight excluding hydrogens is 468 g/mol. The van der Waals surface area contributed by atoms with E-state index in [1.54, 1.807) is 41.5 Å². The van der Waals surface area contributed by atoms with Crippen LogP contribution in [0, 0.1) is 0 Å². The molecule has 4 rings (SSSR count). The highest BCUT2D eigenvalue weighted by Crippen LogP contribution is 2.25. The largest absolute Gasteiger partial charge is 0.467 e. The number of furan rings is 1. The van der Waals surface area contributed by atoms with Crippen LogP contribution in [0.2, 0.25) is 5.02 Å². The summed E-state index contributed by atoms with van der Waals surface area (Å²) in [6.07, 6.45) is 3.10. The van der Waals surface area contributed by atoms with Crippen LogP contribution in [0.15, 0.2) is 52.0 Å². The molecule has 1 aromatic heterocycles. The van der Waals surface area contributed by atoms with Crippen molar-refractivity contribution in [2.45, 2.75) is 30.3 Å². The highest BCUT2D eigenvalue weighted by Gasteiger charge is 2.35.